The fraction of sp³-hybridized carbons (Fsp3) is 0.235. The van der Waals surface area contributed by atoms with Crippen LogP contribution in [0.3, 0.4) is 0 Å². The van der Waals surface area contributed by atoms with Crippen molar-refractivity contribution < 1.29 is 8.42 Å². The highest BCUT2D eigenvalue weighted by atomic mass is 32.2. The highest BCUT2D eigenvalue weighted by Crippen LogP contribution is 2.28. The van der Waals surface area contributed by atoms with Gasteiger partial charge in [0, 0.05) is 18.0 Å². The lowest BCUT2D eigenvalue weighted by molar-refractivity contribution is 0.587. The molecule has 126 valence electrons. The molecule has 0 fully saturated rings. The van der Waals surface area contributed by atoms with Crippen LogP contribution in [0.4, 0.5) is 0 Å². The monoisotopic (exact) mass is 361 g/mol. The molecule has 0 unspecified atom stereocenters. The Morgan fingerprint density at radius 3 is 2.54 bits per heavy atom. The average Bonchev–Trinajstić information content (AvgIpc) is 2.92. The van der Waals surface area contributed by atoms with Gasteiger partial charge in [-0.1, -0.05) is 42.1 Å². The first-order valence-electron chi connectivity index (χ1n) is 7.65. The molecule has 24 heavy (non-hydrogen) atoms. The second-order valence-corrected chi connectivity index (χ2v) is 8.32. The summed E-state index contributed by atoms with van der Waals surface area (Å²) < 4.78 is 26.8. The van der Waals surface area contributed by atoms with Crippen molar-refractivity contribution in [2.45, 2.75) is 11.6 Å². The van der Waals surface area contributed by atoms with Gasteiger partial charge in [-0.05, 0) is 30.7 Å². The minimum Gasteiger partial charge on any atom is -0.287 e. The van der Waals surface area contributed by atoms with Gasteiger partial charge in [0.1, 0.15) is 0 Å². The van der Waals surface area contributed by atoms with Crippen molar-refractivity contribution in [3.63, 3.8) is 0 Å². The summed E-state index contributed by atoms with van der Waals surface area (Å²) in [6.45, 7) is 0.442. The molecular weight excluding hydrogens is 342 g/mol. The van der Waals surface area contributed by atoms with Crippen molar-refractivity contribution in [1.29, 1.82) is 0 Å². The van der Waals surface area contributed by atoms with Gasteiger partial charge in [0.05, 0.1) is 17.3 Å². The first kappa shape index (κ1) is 17.0. The Labute approximate surface area is 146 Å². The van der Waals surface area contributed by atoms with Crippen LogP contribution in [0.15, 0.2) is 59.8 Å². The van der Waals surface area contributed by atoms with Gasteiger partial charge in [0.2, 0.25) is 10.0 Å². The molecule has 1 N–H and O–H groups in total. The smallest absolute Gasteiger partial charge is 0.208 e. The molecule has 3 aromatic rings. The van der Waals surface area contributed by atoms with Crippen LogP contribution >= 0.6 is 11.8 Å². The lowest BCUT2D eigenvalue weighted by atomic mass is 10.3. The molecule has 0 saturated heterocycles. The van der Waals surface area contributed by atoms with E-state index in [0.717, 1.165) is 34.1 Å². The van der Waals surface area contributed by atoms with Crippen molar-refractivity contribution in [1.82, 2.24) is 14.3 Å². The molecule has 1 heterocycles. The summed E-state index contributed by atoms with van der Waals surface area (Å²) in [7, 11) is -3.12. The molecule has 2 aromatic carbocycles. The predicted octanol–water partition coefficient (Wildman–Crippen LogP) is 3.06. The molecule has 1 aromatic heterocycles. The molecule has 0 saturated carbocycles. The zero-order valence-electron chi connectivity index (χ0n) is 13.3. The molecule has 0 amide bonds. The van der Waals surface area contributed by atoms with Gasteiger partial charge >= 0.3 is 0 Å². The third-order valence-electron chi connectivity index (χ3n) is 3.46. The van der Waals surface area contributed by atoms with Crippen molar-refractivity contribution in [2.24, 2.45) is 0 Å². The lowest BCUT2D eigenvalue weighted by Gasteiger charge is -2.09. The summed E-state index contributed by atoms with van der Waals surface area (Å²) in [6.07, 6.45) is 1.92. The van der Waals surface area contributed by atoms with E-state index in [1.54, 1.807) is 11.8 Å². The van der Waals surface area contributed by atoms with Crippen LogP contribution in [-0.4, -0.2) is 36.5 Å². The Bertz CT molecular complexity index is 921. The van der Waals surface area contributed by atoms with Crippen LogP contribution < -0.4 is 4.72 Å². The van der Waals surface area contributed by atoms with Gasteiger partial charge in [-0.3, -0.25) is 4.57 Å². The van der Waals surface area contributed by atoms with E-state index in [4.69, 9.17) is 4.98 Å². The largest absolute Gasteiger partial charge is 0.287 e. The summed E-state index contributed by atoms with van der Waals surface area (Å²) >= 11 is 1.64. The maximum absolute atomic E-state index is 11.1. The number of benzene rings is 2. The number of hydrogen-bond donors (Lipinski definition) is 1. The highest BCUT2D eigenvalue weighted by molar-refractivity contribution is 7.99. The Kier molecular flexibility index (Phi) is 5.23. The van der Waals surface area contributed by atoms with Crippen molar-refractivity contribution in [2.75, 3.05) is 18.6 Å². The normalized spacial score (nSPS) is 11.9. The van der Waals surface area contributed by atoms with E-state index < -0.39 is 10.0 Å². The van der Waals surface area contributed by atoms with E-state index in [0.29, 0.717) is 6.54 Å². The summed E-state index contributed by atoms with van der Waals surface area (Å²) in [5.74, 6) is 0.790. The quantitative estimate of drug-likeness (QED) is 0.519. The van der Waals surface area contributed by atoms with Gasteiger partial charge in [-0.25, -0.2) is 18.1 Å². The fourth-order valence-electron chi connectivity index (χ4n) is 2.42. The third kappa shape index (κ3) is 4.17. The molecule has 0 spiro atoms. The van der Waals surface area contributed by atoms with Crippen LogP contribution in [0.2, 0.25) is 0 Å². The summed E-state index contributed by atoms with van der Waals surface area (Å²) in [5, 5.41) is 0.918. The number of hydrogen-bond acceptors (Lipinski definition) is 4. The molecule has 0 aliphatic carbocycles. The van der Waals surface area contributed by atoms with Gasteiger partial charge in [0.25, 0.3) is 0 Å². The SMILES string of the molecule is CS(=O)(=O)NCCCSc1nc2ccccc2n1-c1ccccc1. The Morgan fingerprint density at radius 1 is 1.08 bits per heavy atom. The first-order chi connectivity index (χ1) is 11.5. The van der Waals surface area contributed by atoms with Crippen LogP contribution in [0.1, 0.15) is 6.42 Å². The maximum Gasteiger partial charge on any atom is 0.208 e. The van der Waals surface area contributed by atoms with Crippen LogP contribution in [0, 0.1) is 0 Å². The topological polar surface area (TPSA) is 64.0 Å². The number of thioether (sulfide) groups is 1. The molecule has 0 aliphatic heterocycles. The van der Waals surface area contributed by atoms with E-state index >= 15 is 0 Å². The number of nitrogens with one attached hydrogen (secondary N) is 1. The van der Waals surface area contributed by atoms with E-state index in [2.05, 4.69) is 27.5 Å². The molecule has 0 radical (unpaired) electrons. The van der Waals surface area contributed by atoms with Crippen molar-refractivity contribution >= 4 is 32.8 Å². The van der Waals surface area contributed by atoms with Gasteiger partial charge in [-0.2, -0.15) is 0 Å². The summed E-state index contributed by atoms with van der Waals surface area (Å²) in [4.78, 5) is 4.72. The van der Waals surface area contributed by atoms with Crippen molar-refractivity contribution in [3.8, 4) is 5.69 Å². The van der Waals surface area contributed by atoms with E-state index in [1.165, 1.54) is 6.26 Å². The molecule has 0 atom stereocenters. The number of sulfonamides is 1. The molecule has 0 bridgehead atoms. The second kappa shape index (κ2) is 7.38. The Hall–Kier alpha value is -1.83. The molecular formula is C17H19N3O2S2. The minimum atomic E-state index is -3.12. The number of nitrogens with zero attached hydrogens (tertiary/aromatic N) is 2. The van der Waals surface area contributed by atoms with Gasteiger partial charge in [-0.15, -0.1) is 0 Å². The summed E-state index contributed by atoms with van der Waals surface area (Å²) in [5.41, 5.74) is 3.10. The second-order valence-electron chi connectivity index (χ2n) is 5.42. The number of imidazole rings is 1. The number of para-hydroxylation sites is 3. The van der Waals surface area contributed by atoms with Gasteiger partial charge in [0.15, 0.2) is 5.16 Å². The molecule has 5 nitrogen and oxygen atoms in total. The standard InChI is InChI=1S/C17H19N3O2S2/c1-24(21,22)18-12-7-13-23-17-19-15-10-5-6-11-16(15)20(17)14-8-3-2-4-9-14/h2-6,8-11,18H,7,12-13H2,1H3. The van der Waals surface area contributed by atoms with Crippen LogP contribution in [0.5, 0.6) is 0 Å². The van der Waals surface area contributed by atoms with E-state index in [9.17, 15) is 8.42 Å². The van der Waals surface area contributed by atoms with E-state index in [1.807, 2.05) is 36.4 Å². The van der Waals surface area contributed by atoms with Crippen LogP contribution in [-0.2, 0) is 10.0 Å². The summed E-state index contributed by atoms with van der Waals surface area (Å²) in [6, 6.07) is 18.2. The van der Waals surface area contributed by atoms with Crippen LogP contribution in [0.25, 0.3) is 16.7 Å². The fourth-order valence-corrected chi connectivity index (χ4v) is 3.90. The van der Waals surface area contributed by atoms with E-state index in [-0.39, 0.29) is 0 Å². The maximum atomic E-state index is 11.1. The first-order valence-corrected chi connectivity index (χ1v) is 10.5. The number of aromatic nitrogens is 2. The Balaban J connectivity index is 1.80. The average molecular weight is 361 g/mol. The molecule has 7 heteroatoms. The zero-order chi connectivity index (χ0) is 17.0. The van der Waals surface area contributed by atoms with Gasteiger partial charge < -0.3 is 0 Å². The molecule has 3 rings (SSSR count). The minimum absolute atomic E-state index is 0.442. The lowest BCUT2D eigenvalue weighted by Crippen LogP contribution is -2.23. The predicted molar refractivity (Wildman–Crippen MR) is 99.3 cm³/mol. The number of rotatable bonds is 7. The van der Waals surface area contributed by atoms with Crippen molar-refractivity contribution in [3.05, 3.63) is 54.6 Å². The Morgan fingerprint density at radius 2 is 1.79 bits per heavy atom. The highest BCUT2D eigenvalue weighted by Gasteiger charge is 2.12. The molecule has 0 aliphatic rings. The number of fused-ring (bicyclic) bond motifs is 1. The zero-order valence-corrected chi connectivity index (χ0v) is 15.0. The third-order valence-corrected chi connectivity index (χ3v) is 5.21.